The van der Waals surface area contributed by atoms with Gasteiger partial charge >= 0.3 is 0 Å². The van der Waals surface area contributed by atoms with Crippen molar-refractivity contribution < 1.29 is 9.53 Å². The second-order valence-electron chi connectivity index (χ2n) is 6.34. The Bertz CT molecular complexity index is 941. The molecule has 1 heterocycles. The van der Waals surface area contributed by atoms with Gasteiger partial charge in [0.2, 0.25) is 0 Å². The molecule has 0 radical (unpaired) electrons. The minimum Gasteiger partial charge on any atom is -0.496 e. The average molecular weight is 376 g/mol. The fourth-order valence-electron chi connectivity index (χ4n) is 2.97. The van der Waals surface area contributed by atoms with Crippen LogP contribution < -0.4 is 15.0 Å². The Morgan fingerprint density at radius 2 is 1.93 bits per heavy atom. The maximum absolute atomic E-state index is 12.4. The highest BCUT2D eigenvalue weighted by Gasteiger charge is 2.13. The molecular formula is C22H24N4O2. The van der Waals surface area contributed by atoms with Crippen LogP contribution in [0, 0.1) is 6.92 Å². The van der Waals surface area contributed by atoms with Crippen LogP contribution >= 0.6 is 0 Å². The first kappa shape index (κ1) is 19.4. The lowest BCUT2D eigenvalue weighted by molar-refractivity contribution is 0.0945. The van der Waals surface area contributed by atoms with Crippen molar-refractivity contribution >= 4 is 17.4 Å². The molecule has 0 aliphatic carbocycles. The number of nitrogens with one attached hydrogen (secondary N) is 1. The van der Waals surface area contributed by atoms with Gasteiger partial charge in [-0.1, -0.05) is 30.3 Å². The van der Waals surface area contributed by atoms with Crippen molar-refractivity contribution in [2.75, 3.05) is 18.6 Å². The molecule has 0 saturated heterocycles. The van der Waals surface area contributed by atoms with E-state index in [1.165, 1.54) is 11.8 Å². The predicted molar refractivity (Wildman–Crippen MR) is 110 cm³/mol. The number of hydrogen-bond acceptors (Lipinski definition) is 5. The molecule has 6 nitrogen and oxygen atoms in total. The molecule has 0 aliphatic heterocycles. The van der Waals surface area contributed by atoms with Gasteiger partial charge in [-0.3, -0.25) is 4.79 Å². The molecule has 0 atom stereocenters. The summed E-state index contributed by atoms with van der Waals surface area (Å²) in [5, 5.41) is 2.86. The fourth-order valence-corrected chi connectivity index (χ4v) is 2.97. The number of para-hydroxylation sites is 1. The van der Waals surface area contributed by atoms with E-state index in [0.717, 1.165) is 23.5 Å². The molecule has 6 heteroatoms. The Hall–Kier alpha value is -3.41. The van der Waals surface area contributed by atoms with Gasteiger partial charge in [0.15, 0.2) is 5.82 Å². The minimum absolute atomic E-state index is 0.274. The van der Waals surface area contributed by atoms with E-state index >= 15 is 0 Å². The van der Waals surface area contributed by atoms with Crippen LogP contribution in [0.1, 0.15) is 28.5 Å². The summed E-state index contributed by atoms with van der Waals surface area (Å²) in [7, 11) is 1.61. The number of carbonyl (C=O) groups is 1. The first-order valence-electron chi connectivity index (χ1n) is 9.18. The summed E-state index contributed by atoms with van der Waals surface area (Å²) in [6, 6.07) is 15.8. The second kappa shape index (κ2) is 8.99. The third-order valence-electron chi connectivity index (χ3n) is 4.41. The summed E-state index contributed by atoms with van der Waals surface area (Å²) in [4.78, 5) is 23.2. The second-order valence-corrected chi connectivity index (χ2v) is 6.34. The largest absolute Gasteiger partial charge is 0.496 e. The summed E-state index contributed by atoms with van der Waals surface area (Å²) >= 11 is 0. The summed E-state index contributed by atoms with van der Waals surface area (Å²) in [5.74, 6) is 1.17. The van der Waals surface area contributed by atoms with Crippen LogP contribution in [0.3, 0.4) is 0 Å². The maximum atomic E-state index is 12.4. The molecule has 28 heavy (non-hydrogen) atoms. The number of hydrogen-bond donors (Lipinski definition) is 1. The molecule has 0 unspecified atom stereocenters. The minimum atomic E-state index is -0.274. The molecule has 3 rings (SSSR count). The molecule has 0 fully saturated rings. The van der Waals surface area contributed by atoms with Crippen LogP contribution in [0.2, 0.25) is 0 Å². The zero-order valence-electron chi connectivity index (χ0n) is 16.3. The number of methoxy groups -OCH3 is 1. The quantitative estimate of drug-likeness (QED) is 0.678. The van der Waals surface area contributed by atoms with Crippen molar-refractivity contribution in [2.24, 2.45) is 0 Å². The number of ether oxygens (including phenoxy) is 1. The molecule has 0 aliphatic rings. The lowest BCUT2D eigenvalue weighted by atomic mass is 10.2. The van der Waals surface area contributed by atoms with Crippen molar-refractivity contribution in [1.29, 1.82) is 0 Å². The van der Waals surface area contributed by atoms with Gasteiger partial charge in [-0.25, -0.2) is 9.97 Å². The van der Waals surface area contributed by atoms with E-state index in [1.54, 1.807) is 13.3 Å². The van der Waals surface area contributed by atoms with Crippen molar-refractivity contribution in [3.63, 3.8) is 0 Å². The highest BCUT2D eigenvalue weighted by molar-refractivity contribution is 5.92. The van der Waals surface area contributed by atoms with E-state index in [2.05, 4.69) is 46.2 Å². The Kier molecular flexibility index (Phi) is 6.22. The van der Waals surface area contributed by atoms with Gasteiger partial charge in [-0.05, 0) is 37.6 Å². The van der Waals surface area contributed by atoms with Gasteiger partial charge in [0.25, 0.3) is 5.91 Å². The first-order chi connectivity index (χ1) is 13.6. The number of rotatable bonds is 7. The number of anilines is 2. The van der Waals surface area contributed by atoms with E-state index in [9.17, 15) is 4.79 Å². The molecule has 2 aromatic carbocycles. The van der Waals surface area contributed by atoms with Gasteiger partial charge in [0.05, 0.1) is 19.5 Å². The zero-order chi connectivity index (χ0) is 19.9. The molecule has 0 saturated carbocycles. The van der Waals surface area contributed by atoms with Crippen LogP contribution in [0.15, 0.2) is 60.9 Å². The van der Waals surface area contributed by atoms with Crippen LogP contribution in [-0.4, -0.2) is 29.5 Å². The van der Waals surface area contributed by atoms with E-state index in [-0.39, 0.29) is 11.6 Å². The van der Waals surface area contributed by atoms with Crippen molar-refractivity contribution in [1.82, 2.24) is 15.3 Å². The summed E-state index contributed by atoms with van der Waals surface area (Å²) in [5.41, 5.74) is 3.40. The number of nitrogens with zero attached hydrogens (tertiary/aromatic N) is 3. The Balaban J connectivity index is 1.70. The maximum Gasteiger partial charge on any atom is 0.271 e. The standard InChI is InChI=1S/C22H24N4O2/c1-4-26(18-10-7-8-16(2)12-18)21-15-23-19(14-24-21)22(27)25-13-17-9-5-6-11-20(17)28-3/h5-12,14-15H,4,13H2,1-3H3,(H,25,27). The predicted octanol–water partition coefficient (Wildman–Crippen LogP) is 3.88. The SMILES string of the molecule is CCN(c1cccc(C)c1)c1cnc(C(=O)NCc2ccccc2OC)cn1. The van der Waals surface area contributed by atoms with E-state index in [4.69, 9.17) is 4.74 Å². The molecular weight excluding hydrogens is 352 g/mol. The topological polar surface area (TPSA) is 67.4 Å². The molecule has 1 amide bonds. The lowest BCUT2D eigenvalue weighted by Gasteiger charge is -2.22. The van der Waals surface area contributed by atoms with Crippen molar-refractivity contribution in [3.05, 3.63) is 77.7 Å². The Morgan fingerprint density at radius 1 is 1.11 bits per heavy atom. The molecule has 1 aromatic heterocycles. The van der Waals surface area contributed by atoms with Gasteiger partial charge < -0.3 is 15.0 Å². The number of amides is 1. The first-order valence-corrected chi connectivity index (χ1v) is 9.18. The van der Waals surface area contributed by atoms with Crippen LogP contribution in [0.4, 0.5) is 11.5 Å². The zero-order valence-corrected chi connectivity index (χ0v) is 16.3. The smallest absolute Gasteiger partial charge is 0.271 e. The normalized spacial score (nSPS) is 10.4. The molecule has 0 spiro atoms. The number of aryl methyl sites for hydroxylation is 1. The van der Waals surface area contributed by atoms with Gasteiger partial charge in [0, 0.05) is 24.3 Å². The number of benzene rings is 2. The van der Waals surface area contributed by atoms with Gasteiger partial charge in [-0.2, -0.15) is 0 Å². The van der Waals surface area contributed by atoms with E-state index in [1.807, 2.05) is 36.4 Å². The summed E-state index contributed by atoms with van der Waals surface area (Å²) in [6.07, 6.45) is 3.13. The highest BCUT2D eigenvalue weighted by Crippen LogP contribution is 2.23. The molecule has 0 bridgehead atoms. The van der Waals surface area contributed by atoms with Crippen LogP contribution in [-0.2, 0) is 6.54 Å². The molecule has 144 valence electrons. The third kappa shape index (κ3) is 4.46. The van der Waals surface area contributed by atoms with Crippen molar-refractivity contribution in [3.8, 4) is 5.75 Å². The molecule has 3 aromatic rings. The number of carbonyl (C=O) groups excluding carboxylic acids is 1. The number of aromatic nitrogens is 2. The van der Waals surface area contributed by atoms with Crippen LogP contribution in [0.25, 0.3) is 0 Å². The Morgan fingerprint density at radius 3 is 2.61 bits per heavy atom. The molecule has 1 N–H and O–H groups in total. The summed E-state index contributed by atoms with van der Waals surface area (Å²) in [6.45, 7) is 5.21. The average Bonchev–Trinajstić information content (AvgIpc) is 2.73. The third-order valence-corrected chi connectivity index (χ3v) is 4.41. The monoisotopic (exact) mass is 376 g/mol. The highest BCUT2D eigenvalue weighted by atomic mass is 16.5. The fraction of sp³-hybridized carbons (Fsp3) is 0.227. The Labute approximate surface area is 165 Å². The van der Waals surface area contributed by atoms with Crippen LogP contribution in [0.5, 0.6) is 5.75 Å². The summed E-state index contributed by atoms with van der Waals surface area (Å²) < 4.78 is 5.30. The van der Waals surface area contributed by atoms with Crippen molar-refractivity contribution in [2.45, 2.75) is 20.4 Å². The van der Waals surface area contributed by atoms with Gasteiger partial charge in [-0.15, -0.1) is 0 Å². The van der Waals surface area contributed by atoms with E-state index < -0.39 is 0 Å². The lowest BCUT2D eigenvalue weighted by Crippen LogP contribution is -2.25. The van der Waals surface area contributed by atoms with Gasteiger partial charge in [0.1, 0.15) is 11.4 Å². The van der Waals surface area contributed by atoms with E-state index in [0.29, 0.717) is 12.4 Å².